The number of rotatable bonds is 5. The Morgan fingerprint density at radius 2 is 2.05 bits per heavy atom. The minimum atomic E-state index is -0.0311. The lowest BCUT2D eigenvalue weighted by Gasteiger charge is -2.22. The van der Waals surface area contributed by atoms with Gasteiger partial charge in [0.05, 0.1) is 13.2 Å². The number of hydrogen-bond donors (Lipinski definition) is 1. The molecule has 0 aliphatic rings. The number of benzene rings is 1. The van der Waals surface area contributed by atoms with Gasteiger partial charge in [0, 0.05) is 16.5 Å². The van der Waals surface area contributed by atoms with Gasteiger partial charge in [-0.1, -0.05) is 22.9 Å². The zero-order valence-corrected chi connectivity index (χ0v) is 14.8. The number of ether oxygens (including phenoxy) is 1. The van der Waals surface area contributed by atoms with Crippen molar-refractivity contribution in [2.75, 3.05) is 14.2 Å². The standard InChI is InChI=1S/C17H22BrNO2/c1-6-12-7-8-14(21-12)16(19-4)15-11(3)13(18)9-10(2)17(15)20-5/h7-9,16,19H,6H2,1-5H3. The first-order chi connectivity index (χ1) is 10.0. The monoisotopic (exact) mass is 351 g/mol. The number of aryl methyl sites for hydroxylation is 2. The molecule has 21 heavy (non-hydrogen) atoms. The lowest BCUT2D eigenvalue weighted by atomic mass is 9.95. The Labute approximate surface area is 134 Å². The van der Waals surface area contributed by atoms with Gasteiger partial charge in [-0.15, -0.1) is 0 Å². The minimum Gasteiger partial charge on any atom is -0.496 e. The molecular weight excluding hydrogens is 330 g/mol. The highest BCUT2D eigenvalue weighted by atomic mass is 79.9. The summed E-state index contributed by atoms with van der Waals surface area (Å²) in [5.74, 6) is 2.81. The van der Waals surface area contributed by atoms with Gasteiger partial charge in [0.2, 0.25) is 0 Å². The fourth-order valence-electron chi connectivity index (χ4n) is 2.66. The van der Waals surface area contributed by atoms with Crippen LogP contribution in [0.3, 0.4) is 0 Å². The van der Waals surface area contributed by atoms with E-state index in [0.717, 1.165) is 44.9 Å². The predicted molar refractivity (Wildman–Crippen MR) is 89.2 cm³/mol. The van der Waals surface area contributed by atoms with Crippen LogP contribution in [0, 0.1) is 13.8 Å². The van der Waals surface area contributed by atoms with Gasteiger partial charge in [-0.05, 0) is 50.2 Å². The van der Waals surface area contributed by atoms with E-state index < -0.39 is 0 Å². The second kappa shape index (κ2) is 6.67. The Morgan fingerprint density at radius 1 is 1.33 bits per heavy atom. The SMILES string of the molecule is CCc1ccc(C(NC)c2c(C)c(Br)cc(C)c2OC)o1. The molecule has 0 radical (unpaired) electrons. The molecule has 0 aliphatic heterocycles. The highest BCUT2D eigenvalue weighted by molar-refractivity contribution is 9.10. The van der Waals surface area contributed by atoms with Crippen molar-refractivity contribution in [3.63, 3.8) is 0 Å². The molecule has 1 atom stereocenters. The molecule has 1 aromatic heterocycles. The molecule has 0 aliphatic carbocycles. The number of hydrogen-bond acceptors (Lipinski definition) is 3. The lowest BCUT2D eigenvalue weighted by molar-refractivity contribution is 0.389. The second-order valence-corrected chi connectivity index (χ2v) is 5.98. The van der Waals surface area contributed by atoms with Gasteiger partial charge in [0.15, 0.2) is 0 Å². The summed E-state index contributed by atoms with van der Waals surface area (Å²) in [6, 6.07) is 6.13. The number of methoxy groups -OCH3 is 1. The summed E-state index contributed by atoms with van der Waals surface area (Å²) in [5.41, 5.74) is 3.38. The maximum absolute atomic E-state index is 5.94. The van der Waals surface area contributed by atoms with Crippen LogP contribution >= 0.6 is 15.9 Å². The third-order valence-corrected chi connectivity index (χ3v) is 4.63. The maximum atomic E-state index is 5.94. The average Bonchev–Trinajstić information content (AvgIpc) is 2.94. The average molecular weight is 352 g/mol. The van der Waals surface area contributed by atoms with Crippen molar-refractivity contribution in [1.82, 2.24) is 5.32 Å². The van der Waals surface area contributed by atoms with Crippen LogP contribution in [-0.2, 0) is 6.42 Å². The number of halogens is 1. The molecule has 0 spiro atoms. The summed E-state index contributed by atoms with van der Waals surface area (Å²) in [5, 5.41) is 3.35. The third-order valence-electron chi connectivity index (χ3n) is 3.81. The topological polar surface area (TPSA) is 34.4 Å². The van der Waals surface area contributed by atoms with E-state index in [9.17, 15) is 0 Å². The van der Waals surface area contributed by atoms with Gasteiger partial charge in [-0.25, -0.2) is 0 Å². The van der Waals surface area contributed by atoms with Gasteiger partial charge in [0.1, 0.15) is 17.3 Å². The molecule has 1 N–H and O–H groups in total. The molecule has 2 aromatic rings. The maximum Gasteiger partial charge on any atom is 0.127 e. The molecule has 0 fully saturated rings. The van der Waals surface area contributed by atoms with E-state index in [1.165, 1.54) is 0 Å². The van der Waals surface area contributed by atoms with E-state index in [-0.39, 0.29) is 6.04 Å². The molecule has 2 rings (SSSR count). The summed E-state index contributed by atoms with van der Waals surface area (Å²) in [7, 11) is 3.65. The van der Waals surface area contributed by atoms with Crippen LogP contribution < -0.4 is 10.1 Å². The van der Waals surface area contributed by atoms with Crippen molar-refractivity contribution in [1.29, 1.82) is 0 Å². The molecule has 0 saturated carbocycles. The number of furan rings is 1. The first kappa shape index (κ1) is 16.1. The molecule has 114 valence electrons. The summed E-state index contributed by atoms with van der Waals surface area (Å²) in [6.45, 7) is 6.24. The Balaban J connectivity index is 2.61. The summed E-state index contributed by atoms with van der Waals surface area (Å²) < 4.78 is 12.7. The fourth-order valence-corrected chi connectivity index (χ4v) is 3.22. The molecule has 3 nitrogen and oxygen atoms in total. The zero-order chi connectivity index (χ0) is 15.6. The predicted octanol–water partition coefficient (Wildman–Crippen LogP) is 4.54. The normalized spacial score (nSPS) is 12.5. The van der Waals surface area contributed by atoms with Crippen LogP contribution in [0.25, 0.3) is 0 Å². The van der Waals surface area contributed by atoms with Crippen LogP contribution in [0.5, 0.6) is 5.75 Å². The van der Waals surface area contributed by atoms with Crippen molar-refractivity contribution in [2.45, 2.75) is 33.2 Å². The van der Waals surface area contributed by atoms with Gasteiger partial charge in [-0.2, -0.15) is 0 Å². The van der Waals surface area contributed by atoms with Gasteiger partial charge < -0.3 is 14.5 Å². The molecule has 1 aromatic carbocycles. The highest BCUT2D eigenvalue weighted by Crippen LogP contribution is 2.39. The molecule has 0 bridgehead atoms. The quantitative estimate of drug-likeness (QED) is 0.858. The Morgan fingerprint density at radius 3 is 2.57 bits per heavy atom. The van der Waals surface area contributed by atoms with Gasteiger partial charge >= 0.3 is 0 Å². The van der Waals surface area contributed by atoms with Crippen molar-refractivity contribution in [2.24, 2.45) is 0 Å². The molecular formula is C17H22BrNO2. The Hall–Kier alpha value is -1.26. The second-order valence-electron chi connectivity index (χ2n) is 5.13. The van der Waals surface area contributed by atoms with Crippen LogP contribution in [0.15, 0.2) is 27.1 Å². The zero-order valence-electron chi connectivity index (χ0n) is 13.2. The van der Waals surface area contributed by atoms with Crippen molar-refractivity contribution < 1.29 is 9.15 Å². The van der Waals surface area contributed by atoms with Crippen molar-refractivity contribution >= 4 is 15.9 Å². The van der Waals surface area contributed by atoms with E-state index in [1.807, 2.05) is 19.2 Å². The first-order valence-corrected chi connectivity index (χ1v) is 7.92. The van der Waals surface area contributed by atoms with E-state index in [4.69, 9.17) is 9.15 Å². The summed E-state index contributed by atoms with van der Waals surface area (Å²) in [4.78, 5) is 0. The first-order valence-electron chi connectivity index (χ1n) is 7.12. The third kappa shape index (κ3) is 3.01. The molecule has 4 heteroatoms. The molecule has 0 saturated heterocycles. The van der Waals surface area contributed by atoms with Gasteiger partial charge in [-0.3, -0.25) is 0 Å². The lowest BCUT2D eigenvalue weighted by Crippen LogP contribution is -2.19. The van der Waals surface area contributed by atoms with E-state index in [0.29, 0.717) is 0 Å². The minimum absolute atomic E-state index is 0.0311. The Bertz CT molecular complexity index is 634. The van der Waals surface area contributed by atoms with Crippen LogP contribution in [-0.4, -0.2) is 14.2 Å². The van der Waals surface area contributed by atoms with E-state index in [2.05, 4.69) is 48.1 Å². The smallest absolute Gasteiger partial charge is 0.127 e. The van der Waals surface area contributed by atoms with E-state index >= 15 is 0 Å². The molecule has 0 amide bonds. The van der Waals surface area contributed by atoms with E-state index in [1.54, 1.807) is 7.11 Å². The van der Waals surface area contributed by atoms with Crippen molar-refractivity contribution in [3.05, 3.63) is 50.9 Å². The summed E-state index contributed by atoms with van der Waals surface area (Å²) >= 11 is 3.64. The fraction of sp³-hybridized carbons (Fsp3) is 0.412. The highest BCUT2D eigenvalue weighted by Gasteiger charge is 2.24. The largest absolute Gasteiger partial charge is 0.496 e. The van der Waals surface area contributed by atoms with Crippen LogP contribution in [0.1, 0.15) is 41.2 Å². The summed E-state index contributed by atoms with van der Waals surface area (Å²) in [6.07, 6.45) is 0.893. The van der Waals surface area contributed by atoms with Gasteiger partial charge in [0.25, 0.3) is 0 Å². The van der Waals surface area contributed by atoms with Crippen LogP contribution in [0.2, 0.25) is 0 Å². The van der Waals surface area contributed by atoms with Crippen molar-refractivity contribution in [3.8, 4) is 5.75 Å². The number of nitrogens with one attached hydrogen (secondary N) is 1. The molecule has 1 unspecified atom stereocenters. The molecule has 1 heterocycles. The van der Waals surface area contributed by atoms with Crippen LogP contribution in [0.4, 0.5) is 0 Å². The Kier molecular flexibility index (Phi) is 5.12.